The molecule has 0 bridgehead atoms. The van der Waals surface area contributed by atoms with Gasteiger partial charge in [-0.2, -0.15) is 8.42 Å². The van der Waals surface area contributed by atoms with Gasteiger partial charge < -0.3 is 10.7 Å². The minimum atomic E-state index is -3.67. The molecule has 1 aromatic rings. The minimum absolute atomic E-state index is 0.158. The number of H-pyrrole nitrogens is 1. The molecule has 18 heavy (non-hydrogen) atoms. The van der Waals surface area contributed by atoms with Gasteiger partial charge in [0.15, 0.2) is 5.69 Å². The first kappa shape index (κ1) is 16.0. The summed E-state index contributed by atoms with van der Waals surface area (Å²) in [5.74, 6) is -0.411. The number of aromatic amines is 1. The van der Waals surface area contributed by atoms with E-state index in [1.54, 1.807) is 14.1 Å². The third-order valence-corrected chi connectivity index (χ3v) is 1.18. The third-order valence-electron chi connectivity index (χ3n) is 1.18. The summed E-state index contributed by atoms with van der Waals surface area (Å²) in [7, 11) is -0.250. The van der Waals surface area contributed by atoms with Crippen molar-refractivity contribution in [1.29, 1.82) is 0 Å². The van der Waals surface area contributed by atoms with Crippen LogP contribution in [0.1, 0.15) is 10.5 Å². The Morgan fingerprint density at radius 2 is 2.06 bits per heavy atom. The molecule has 0 aliphatic rings. The monoisotopic (exact) mass is 278 g/mol. The molecule has 4 N–H and O–H groups in total. The Kier molecular flexibility index (Phi) is 5.92. The molecule has 11 heteroatoms. The van der Waals surface area contributed by atoms with Crippen molar-refractivity contribution in [3.8, 4) is 0 Å². The SMILES string of the molecule is CN(C)N=Nc1nc[nH]c1C(N)=O.CS(=O)(=O)O. The fraction of sp³-hybridized carbons (Fsp3) is 0.429. The molecule has 0 atom stereocenters. The Labute approximate surface area is 104 Å². The maximum absolute atomic E-state index is 10.8. The van der Waals surface area contributed by atoms with Crippen LogP contribution in [0.3, 0.4) is 0 Å². The predicted octanol–water partition coefficient (Wildman–Crippen LogP) is -0.427. The molecule has 1 aromatic heterocycles. The Morgan fingerprint density at radius 3 is 2.44 bits per heavy atom. The fourth-order valence-electron chi connectivity index (χ4n) is 0.676. The molecule has 0 fully saturated rings. The van der Waals surface area contributed by atoms with Crippen LogP contribution in [0, 0.1) is 0 Å². The highest BCUT2D eigenvalue weighted by Gasteiger charge is 2.09. The lowest BCUT2D eigenvalue weighted by atomic mass is 10.4. The highest BCUT2D eigenvalue weighted by Crippen LogP contribution is 2.12. The van der Waals surface area contributed by atoms with Crippen LogP contribution in [0.25, 0.3) is 0 Å². The Morgan fingerprint density at radius 1 is 1.56 bits per heavy atom. The van der Waals surface area contributed by atoms with Crippen molar-refractivity contribution in [2.75, 3.05) is 20.4 Å². The lowest BCUT2D eigenvalue weighted by Crippen LogP contribution is -2.11. The number of amides is 1. The zero-order valence-electron chi connectivity index (χ0n) is 10.0. The molecule has 1 heterocycles. The van der Waals surface area contributed by atoms with Crippen LogP contribution in [-0.2, 0) is 10.1 Å². The smallest absolute Gasteiger partial charge is 0.269 e. The van der Waals surface area contributed by atoms with Crippen molar-refractivity contribution in [2.45, 2.75) is 0 Å². The molecule has 1 amide bonds. The molecule has 1 rings (SSSR count). The molecule has 0 radical (unpaired) electrons. The number of nitrogens with zero attached hydrogens (tertiary/aromatic N) is 4. The second-order valence-electron chi connectivity index (χ2n) is 3.24. The predicted molar refractivity (Wildman–Crippen MR) is 62.8 cm³/mol. The molecular weight excluding hydrogens is 264 g/mol. The highest BCUT2D eigenvalue weighted by molar-refractivity contribution is 7.85. The molecule has 0 aliphatic carbocycles. The summed E-state index contributed by atoms with van der Waals surface area (Å²) in [6, 6.07) is 0. The summed E-state index contributed by atoms with van der Waals surface area (Å²) in [4.78, 5) is 17.1. The number of carbonyl (C=O) groups excluding carboxylic acids is 1. The van der Waals surface area contributed by atoms with Crippen molar-refractivity contribution in [3.05, 3.63) is 12.0 Å². The number of nitrogens with two attached hydrogens (primary N) is 1. The lowest BCUT2D eigenvalue weighted by molar-refractivity contribution is 0.0996. The van der Waals surface area contributed by atoms with Crippen molar-refractivity contribution in [2.24, 2.45) is 16.1 Å². The third kappa shape index (κ3) is 8.18. The van der Waals surface area contributed by atoms with Gasteiger partial charge in [0, 0.05) is 14.1 Å². The van der Waals surface area contributed by atoms with E-state index in [4.69, 9.17) is 10.3 Å². The van der Waals surface area contributed by atoms with Crippen LogP contribution < -0.4 is 5.73 Å². The number of carbonyl (C=O) groups is 1. The first-order valence-corrected chi connectivity index (χ1v) is 6.30. The molecule has 10 nitrogen and oxygen atoms in total. The zero-order valence-corrected chi connectivity index (χ0v) is 10.8. The van der Waals surface area contributed by atoms with Crippen LogP contribution in [0.15, 0.2) is 16.7 Å². The second kappa shape index (κ2) is 6.66. The normalized spacial score (nSPS) is 10.9. The highest BCUT2D eigenvalue weighted by atomic mass is 32.2. The van der Waals surface area contributed by atoms with E-state index >= 15 is 0 Å². The number of primary amides is 1. The molecular formula is C7H14N6O4S. The van der Waals surface area contributed by atoms with Gasteiger partial charge in [-0.3, -0.25) is 14.4 Å². The van der Waals surface area contributed by atoms with Crippen molar-refractivity contribution < 1.29 is 17.8 Å². The number of aromatic nitrogens is 2. The van der Waals surface area contributed by atoms with E-state index < -0.39 is 16.0 Å². The first-order valence-electron chi connectivity index (χ1n) is 4.46. The van der Waals surface area contributed by atoms with Gasteiger partial charge >= 0.3 is 0 Å². The van der Waals surface area contributed by atoms with Crippen LogP contribution >= 0.6 is 0 Å². The van der Waals surface area contributed by atoms with Gasteiger partial charge in [-0.25, -0.2) is 4.98 Å². The fourth-order valence-corrected chi connectivity index (χ4v) is 0.676. The number of nitrogens with one attached hydrogen (secondary N) is 1. The summed E-state index contributed by atoms with van der Waals surface area (Å²) in [6.07, 6.45) is 2.05. The van der Waals surface area contributed by atoms with Gasteiger partial charge in [0.1, 0.15) is 0 Å². The molecule has 0 aliphatic heterocycles. The van der Waals surface area contributed by atoms with E-state index in [2.05, 4.69) is 20.3 Å². The largest absolute Gasteiger partial charge is 0.364 e. The topological polar surface area (TPSA) is 154 Å². The van der Waals surface area contributed by atoms with Crippen molar-refractivity contribution in [1.82, 2.24) is 15.0 Å². The molecule has 0 spiro atoms. The lowest BCUT2D eigenvalue weighted by Gasteiger charge is -1.98. The molecule has 0 saturated carbocycles. The van der Waals surface area contributed by atoms with E-state index in [0.717, 1.165) is 0 Å². The minimum Gasteiger partial charge on any atom is -0.364 e. The Balaban J connectivity index is 0.000000494. The number of hydrogen-bond acceptors (Lipinski definition) is 6. The van der Waals surface area contributed by atoms with Crippen LogP contribution in [0.2, 0.25) is 0 Å². The second-order valence-corrected chi connectivity index (χ2v) is 4.70. The first-order chi connectivity index (χ1) is 8.11. The summed E-state index contributed by atoms with van der Waals surface area (Å²) < 4.78 is 25.9. The van der Waals surface area contributed by atoms with E-state index in [9.17, 15) is 13.2 Å². The Bertz CT molecular complexity index is 512. The summed E-state index contributed by atoms with van der Waals surface area (Å²) >= 11 is 0. The summed E-state index contributed by atoms with van der Waals surface area (Å²) in [5, 5.41) is 8.86. The average molecular weight is 278 g/mol. The van der Waals surface area contributed by atoms with Gasteiger partial charge in [-0.1, -0.05) is 5.22 Å². The average Bonchev–Trinajstić information content (AvgIpc) is 2.59. The van der Waals surface area contributed by atoms with Gasteiger partial charge in [-0.15, -0.1) is 5.11 Å². The molecule has 0 unspecified atom stereocenters. The van der Waals surface area contributed by atoms with E-state index in [1.807, 2.05) is 0 Å². The number of rotatable bonds is 3. The summed E-state index contributed by atoms with van der Waals surface area (Å²) in [6.45, 7) is 0. The standard InChI is InChI=1S/C6H10N6O.CH4O3S/c1-12(2)11-10-6-4(5(7)13)8-3-9-6;1-5(2,3)4/h3H,1-2H3,(H2,7,13)(H,8,9);1H3,(H,2,3,4). The maximum atomic E-state index is 10.8. The number of hydrogen-bond donors (Lipinski definition) is 3. The number of imidazole rings is 1. The van der Waals surface area contributed by atoms with Gasteiger partial charge in [0.05, 0.1) is 12.6 Å². The maximum Gasteiger partial charge on any atom is 0.269 e. The van der Waals surface area contributed by atoms with Gasteiger partial charge in [-0.05, 0) is 0 Å². The van der Waals surface area contributed by atoms with E-state index in [-0.39, 0.29) is 11.5 Å². The summed E-state index contributed by atoms with van der Waals surface area (Å²) in [5.41, 5.74) is 5.20. The van der Waals surface area contributed by atoms with Crippen LogP contribution in [-0.4, -0.2) is 54.2 Å². The quantitative estimate of drug-likeness (QED) is 0.387. The zero-order chi connectivity index (χ0) is 14.3. The molecule has 0 saturated heterocycles. The van der Waals surface area contributed by atoms with Crippen molar-refractivity contribution in [3.63, 3.8) is 0 Å². The molecule has 102 valence electrons. The molecule has 0 aromatic carbocycles. The van der Waals surface area contributed by atoms with Gasteiger partial charge in [0.2, 0.25) is 5.82 Å². The van der Waals surface area contributed by atoms with Gasteiger partial charge in [0.25, 0.3) is 16.0 Å². The van der Waals surface area contributed by atoms with Crippen LogP contribution in [0.4, 0.5) is 5.82 Å². The Hall–Kier alpha value is -2.01. The van der Waals surface area contributed by atoms with E-state index in [1.165, 1.54) is 11.3 Å². The van der Waals surface area contributed by atoms with Crippen LogP contribution in [0.5, 0.6) is 0 Å². The van der Waals surface area contributed by atoms with Crippen molar-refractivity contribution >= 4 is 21.8 Å². The van der Waals surface area contributed by atoms with E-state index in [0.29, 0.717) is 6.26 Å².